The van der Waals surface area contributed by atoms with E-state index in [-0.39, 0.29) is 12.3 Å². The summed E-state index contributed by atoms with van der Waals surface area (Å²) in [7, 11) is 3.60. The summed E-state index contributed by atoms with van der Waals surface area (Å²) in [6.45, 7) is 4.06. The summed E-state index contributed by atoms with van der Waals surface area (Å²) in [5, 5.41) is 15.5. The van der Waals surface area contributed by atoms with Crippen molar-refractivity contribution < 1.29 is 23.1 Å². The van der Waals surface area contributed by atoms with Gasteiger partial charge in [-0.15, -0.1) is 0 Å². The monoisotopic (exact) mass is 553 g/mol. The molecule has 2 atom stereocenters. The molecular weight excluding hydrogens is 517 g/mol. The number of halogens is 1. The van der Waals surface area contributed by atoms with Crippen molar-refractivity contribution in [3.8, 4) is 17.2 Å². The molecule has 0 saturated carbocycles. The van der Waals surface area contributed by atoms with Crippen LogP contribution in [0.5, 0.6) is 0 Å². The Morgan fingerprint density at radius 1 is 1.27 bits per heavy atom. The van der Waals surface area contributed by atoms with Crippen molar-refractivity contribution in [2.75, 3.05) is 53.6 Å². The second-order valence-corrected chi connectivity index (χ2v) is 9.97. The fourth-order valence-corrected chi connectivity index (χ4v) is 4.63. The van der Waals surface area contributed by atoms with E-state index in [9.17, 15) is 14.9 Å². The highest BCUT2D eigenvalue weighted by Crippen LogP contribution is 2.26. The smallest absolute Gasteiger partial charge is 0.408 e. The minimum Gasteiger partial charge on any atom is -0.408 e. The topological polar surface area (TPSA) is 122 Å². The first-order valence-electron chi connectivity index (χ1n) is 13.5. The predicted octanol–water partition coefficient (Wildman–Crippen LogP) is 2.30. The van der Waals surface area contributed by atoms with Crippen molar-refractivity contribution in [1.29, 1.82) is 5.26 Å². The van der Waals surface area contributed by atoms with Gasteiger partial charge in [-0.25, -0.2) is 9.18 Å². The van der Waals surface area contributed by atoms with E-state index >= 15 is 4.39 Å². The van der Waals surface area contributed by atoms with Gasteiger partial charge in [-0.1, -0.05) is 18.2 Å². The van der Waals surface area contributed by atoms with E-state index < -0.39 is 23.7 Å². The Balaban J connectivity index is 1.45. The Hall–Kier alpha value is -3.56. The summed E-state index contributed by atoms with van der Waals surface area (Å²) < 4.78 is 32.9. The number of likely N-dealkylation sites (N-methyl/N-ethyl adjacent to an activating group) is 1. The third kappa shape index (κ3) is 7.55. The zero-order valence-corrected chi connectivity index (χ0v) is 23.0. The molecular formula is C29H36FN5O5. The van der Waals surface area contributed by atoms with E-state index in [1.54, 1.807) is 35.9 Å². The van der Waals surface area contributed by atoms with Gasteiger partial charge in [0.05, 0.1) is 18.2 Å². The van der Waals surface area contributed by atoms with Crippen LogP contribution in [-0.2, 0) is 27.2 Å². The zero-order chi connectivity index (χ0) is 28.5. The maximum absolute atomic E-state index is 15.2. The minimum absolute atomic E-state index is 0.0192. The molecule has 1 amide bonds. The Labute approximate surface area is 232 Å². The number of hydrogen-bond donors (Lipinski definition) is 2. The second kappa shape index (κ2) is 14.2. The summed E-state index contributed by atoms with van der Waals surface area (Å²) in [6, 6.07) is 11.2. The van der Waals surface area contributed by atoms with E-state index in [0.29, 0.717) is 55.1 Å². The van der Waals surface area contributed by atoms with Gasteiger partial charge in [0, 0.05) is 46.3 Å². The van der Waals surface area contributed by atoms with Crippen LogP contribution in [0.3, 0.4) is 0 Å². The van der Waals surface area contributed by atoms with Crippen LogP contribution in [0.4, 0.5) is 4.39 Å². The first kappa shape index (κ1) is 29.4. The quantitative estimate of drug-likeness (QED) is 0.371. The fraction of sp³-hybridized carbons (Fsp3) is 0.483. The van der Waals surface area contributed by atoms with Gasteiger partial charge in [-0.3, -0.25) is 9.36 Å². The van der Waals surface area contributed by atoms with E-state index in [1.165, 1.54) is 6.07 Å². The molecule has 1 aromatic heterocycles. The van der Waals surface area contributed by atoms with Crippen molar-refractivity contribution in [3.05, 3.63) is 58.3 Å². The molecule has 0 aliphatic carbocycles. The average Bonchev–Trinajstić information content (AvgIpc) is 3.24. The molecule has 0 bridgehead atoms. The minimum atomic E-state index is -0.902. The van der Waals surface area contributed by atoms with Gasteiger partial charge in [0.25, 0.3) is 5.91 Å². The Morgan fingerprint density at radius 2 is 2.08 bits per heavy atom. The van der Waals surface area contributed by atoms with Crippen LogP contribution in [0.25, 0.3) is 22.2 Å². The van der Waals surface area contributed by atoms with Crippen molar-refractivity contribution >= 4 is 17.0 Å². The summed E-state index contributed by atoms with van der Waals surface area (Å²) in [5.74, 6) is -1.32. The number of nitrogens with zero attached hydrogens (tertiary/aromatic N) is 3. The number of nitriles is 1. The highest BCUT2D eigenvalue weighted by atomic mass is 19.1. The number of carbonyl (C=O) groups excluding carboxylic acids is 1. The summed E-state index contributed by atoms with van der Waals surface area (Å²) >= 11 is 0. The average molecular weight is 554 g/mol. The van der Waals surface area contributed by atoms with Crippen LogP contribution in [0, 0.1) is 17.1 Å². The molecule has 0 spiro atoms. The molecule has 3 aromatic rings. The zero-order valence-electron chi connectivity index (χ0n) is 23.0. The third-order valence-electron chi connectivity index (χ3n) is 7.02. The largest absolute Gasteiger partial charge is 0.419 e. The number of ether oxygens (including phenoxy) is 2. The van der Waals surface area contributed by atoms with Gasteiger partial charge in [-0.05, 0) is 61.3 Å². The van der Waals surface area contributed by atoms with Gasteiger partial charge in [0.15, 0.2) is 5.58 Å². The van der Waals surface area contributed by atoms with E-state index in [0.717, 1.165) is 31.5 Å². The van der Waals surface area contributed by atoms with Gasteiger partial charge < -0.3 is 29.4 Å². The number of benzene rings is 2. The van der Waals surface area contributed by atoms with Crippen LogP contribution in [0.1, 0.15) is 18.4 Å². The second-order valence-electron chi connectivity index (χ2n) is 9.97. The molecule has 4 rings (SSSR count). The lowest BCUT2D eigenvalue weighted by molar-refractivity contribution is -0.133. The van der Waals surface area contributed by atoms with Crippen molar-refractivity contribution in [1.82, 2.24) is 20.1 Å². The molecule has 1 aliphatic heterocycles. The van der Waals surface area contributed by atoms with Crippen molar-refractivity contribution in [3.63, 3.8) is 0 Å². The molecule has 11 heteroatoms. The first-order chi connectivity index (χ1) is 19.4. The van der Waals surface area contributed by atoms with Crippen molar-refractivity contribution in [2.45, 2.75) is 38.0 Å². The highest BCUT2D eigenvalue weighted by molar-refractivity contribution is 5.82. The number of nitrogens with one attached hydrogen (secondary N) is 2. The van der Waals surface area contributed by atoms with Gasteiger partial charge in [-0.2, -0.15) is 5.26 Å². The van der Waals surface area contributed by atoms with Crippen LogP contribution in [0.2, 0.25) is 0 Å². The molecule has 40 heavy (non-hydrogen) atoms. The summed E-state index contributed by atoms with van der Waals surface area (Å²) in [4.78, 5) is 27.2. The number of oxazole rings is 1. The molecule has 2 heterocycles. The molecule has 0 unspecified atom stereocenters. The highest BCUT2D eigenvalue weighted by Gasteiger charge is 2.24. The normalized spacial score (nSPS) is 16.8. The number of rotatable bonds is 11. The van der Waals surface area contributed by atoms with Gasteiger partial charge >= 0.3 is 5.76 Å². The molecule has 0 radical (unpaired) electrons. The molecule has 1 fully saturated rings. The Bertz CT molecular complexity index is 1390. The van der Waals surface area contributed by atoms with Gasteiger partial charge in [0.2, 0.25) is 0 Å². The summed E-state index contributed by atoms with van der Waals surface area (Å²) in [6.07, 6.45) is 1.16. The van der Waals surface area contributed by atoms with E-state index in [1.807, 2.05) is 13.1 Å². The number of amides is 1. The SMILES string of the molecule is COCCN(C)CCn1c(=O)oc2ccc(-c3ccc(C[C@@H](C#N)NC(=O)[C@@H]4CNCCCCO4)c(F)c3)cc21. The number of methoxy groups -OCH3 is 1. The van der Waals surface area contributed by atoms with E-state index in [2.05, 4.69) is 21.6 Å². The molecule has 2 N–H and O–H groups in total. The Kier molecular flexibility index (Phi) is 10.4. The standard InChI is InChI=1S/C29H36FN5O5/c1-34(12-14-38-2)10-11-35-25-17-21(7-8-26(25)40-29(35)37)20-5-6-22(24(30)16-20)15-23(18-31)33-28(36)27-19-32-9-3-4-13-39-27/h5-8,16-17,23,27,32H,3-4,9-15,19H2,1-2H3,(H,33,36)/t23-,27-/m0/s1. The van der Waals surface area contributed by atoms with Crippen LogP contribution in [-0.4, -0.2) is 81.1 Å². The van der Waals surface area contributed by atoms with Gasteiger partial charge in [0.1, 0.15) is 18.0 Å². The summed E-state index contributed by atoms with van der Waals surface area (Å²) in [5.41, 5.74) is 2.74. The van der Waals surface area contributed by atoms with Crippen molar-refractivity contribution in [2.24, 2.45) is 0 Å². The fourth-order valence-electron chi connectivity index (χ4n) is 4.63. The lowest BCUT2D eigenvalue weighted by Crippen LogP contribution is -2.47. The molecule has 2 aromatic carbocycles. The first-order valence-corrected chi connectivity index (χ1v) is 13.5. The Morgan fingerprint density at radius 3 is 2.85 bits per heavy atom. The molecule has 214 valence electrons. The van der Waals surface area contributed by atoms with Crippen LogP contribution in [0.15, 0.2) is 45.6 Å². The maximum Gasteiger partial charge on any atom is 0.419 e. The number of fused-ring (bicyclic) bond motifs is 1. The number of carbonyl (C=O) groups is 1. The lowest BCUT2D eigenvalue weighted by atomic mass is 10.00. The van der Waals surface area contributed by atoms with Crippen LogP contribution >= 0.6 is 0 Å². The number of aromatic nitrogens is 1. The third-order valence-corrected chi connectivity index (χ3v) is 7.02. The number of hydrogen-bond acceptors (Lipinski definition) is 8. The maximum atomic E-state index is 15.2. The van der Waals surface area contributed by atoms with Crippen LogP contribution < -0.4 is 16.4 Å². The lowest BCUT2D eigenvalue weighted by Gasteiger charge is -2.22. The van der Waals surface area contributed by atoms with E-state index in [4.69, 9.17) is 13.9 Å². The predicted molar refractivity (Wildman–Crippen MR) is 148 cm³/mol. The molecule has 1 aliphatic rings. The molecule has 1 saturated heterocycles. The molecule has 10 nitrogen and oxygen atoms in total.